The molecule has 1 aliphatic rings. The van der Waals surface area contributed by atoms with Crippen molar-refractivity contribution in [3.05, 3.63) is 46.3 Å². The molecule has 0 fully saturated rings. The highest BCUT2D eigenvalue weighted by molar-refractivity contribution is 6.26. The van der Waals surface area contributed by atoms with Crippen LogP contribution in [0.3, 0.4) is 0 Å². The number of hydrogen-bond donors (Lipinski definition) is 2. The molecule has 0 amide bonds. The maximum absolute atomic E-state index is 11.8. The molecule has 0 spiro atoms. The molecule has 4 N–H and O–H groups in total. The van der Waals surface area contributed by atoms with Gasteiger partial charge in [-0.25, -0.2) is 0 Å². The van der Waals surface area contributed by atoms with E-state index >= 15 is 0 Å². The Morgan fingerprint density at radius 3 is 2.27 bits per heavy atom. The van der Waals surface area contributed by atoms with Gasteiger partial charge in [-0.2, -0.15) is 0 Å². The van der Waals surface area contributed by atoms with Crippen molar-refractivity contribution in [1.82, 2.24) is 0 Å². The van der Waals surface area contributed by atoms with Crippen LogP contribution in [0, 0.1) is 6.92 Å². The molecule has 1 aromatic carbocycles. The van der Waals surface area contributed by atoms with E-state index in [0.29, 0.717) is 11.1 Å². The number of hydrogen-bond acceptors (Lipinski definition) is 4. The summed E-state index contributed by atoms with van der Waals surface area (Å²) in [6.45, 7) is 1.76. The van der Waals surface area contributed by atoms with E-state index in [1.54, 1.807) is 25.1 Å². The van der Waals surface area contributed by atoms with Gasteiger partial charge < -0.3 is 11.5 Å². The van der Waals surface area contributed by atoms with Gasteiger partial charge in [0.05, 0.1) is 0 Å². The fraction of sp³-hybridized carbons (Fsp3) is 0.0909. The van der Waals surface area contributed by atoms with Gasteiger partial charge in [0.1, 0.15) is 11.4 Å². The maximum Gasteiger partial charge on any atom is 0.211 e. The van der Waals surface area contributed by atoms with E-state index in [2.05, 4.69) is 0 Å². The van der Waals surface area contributed by atoms with E-state index in [4.69, 9.17) is 11.5 Å². The number of rotatable bonds is 0. The Morgan fingerprint density at radius 1 is 1.00 bits per heavy atom. The van der Waals surface area contributed by atoms with Crippen molar-refractivity contribution in [3.8, 4) is 0 Å². The predicted molar refractivity (Wildman–Crippen MR) is 55.2 cm³/mol. The highest BCUT2D eigenvalue weighted by atomic mass is 16.1. The molecule has 0 saturated heterocycles. The minimum atomic E-state index is -0.370. The highest BCUT2D eigenvalue weighted by Crippen LogP contribution is 2.24. The molecule has 4 nitrogen and oxygen atoms in total. The number of ketones is 2. The van der Waals surface area contributed by atoms with Crippen molar-refractivity contribution in [2.45, 2.75) is 6.92 Å². The summed E-state index contributed by atoms with van der Waals surface area (Å²) in [5.41, 5.74) is 12.1. The lowest BCUT2D eigenvalue weighted by atomic mass is 9.88. The van der Waals surface area contributed by atoms with E-state index in [9.17, 15) is 9.59 Å². The van der Waals surface area contributed by atoms with Crippen LogP contribution in [0.2, 0.25) is 0 Å². The second-order valence-corrected chi connectivity index (χ2v) is 3.48. The summed E-state index contributed by atoms with van der Waals surface area (Å²) >= 11 is 0. The van der Waals surface area contributed by atoms with Crippen molar-refractivity contribution in [2.24, 2.45) is 11.5 Å². The van der Waals surface area contributed by atoms with Crippen LogP contribution >= 0.6 is 0 Å². The van der Waals surface area contributed by atoms with E-state index in [1.165, 1.54) is 0 Å². The molecule has 0 radical (unpaired) electrons. The minimum Gasteiger partial charge on any atom is -0.394 e. The number of benzene rings is 1. The van der Waals surface area contributed by atoms with E-state index in [1.807, 2.05) is 0 Å². The lowest BCUT2D eigenvalue weighted by Gasteiger charge is -2.17. The smallest absolute Gasteiger partial charge is 0.211 e. The van der Waals surface area contributed by atoms with Crippen LogP contribution in [0.5, 0.6) is 0 Å². The van der Waals surface area contributed by atoms with Crippen molar-refractivity contribution in [3.63, 3.8) is 0 Å². The molecule has 0 unspecified atom stereocenters. The summed E-state index contributed by atoms with van der Waals surface area (Å²) in [7, 11) is 0. The number of allylic oxidation sites excluding steroid dienone is 2. The van der Waals surface area contributed by atoms with Gasteiger partial charge in [-0.3, -0.25) is 9.59 Å². The van der Waals surface area contributed by atoms with Gasteiger partial charge in [-0.1, -0.05) is 18.2 Å². The Kier molecular flexibility index (Phi) is 1.86. The Labute approximate surface area is 86.6 Å². The molecule has 1 aliphatic carbocycles. The lowest BCUT2D eigenvalue weighted by molar-refractivity contribution is 0.0972. The number of aryl methyl sites for hydroxylation is 1. The third-order valence-corrected chi connectivity index (χ3v) is 2.52. The number of Topliss-reactive ketones (excluding diaryl/α,β-unsaturated/α-hetero) is 2. The summed E-state index contributed by atoms with van der Waals surface area (Å²) in [6, 6.07) is 5.06. The SMILES string of the molecule is Cc1cccc2c1C(=O)C(N)=C(N)C2=O. The number of fused-ring (bicyclic) bond motifs is 1. The monoisotopic (exact) mass is 202 g/mol. The van der Waals surface area contributed by atoms with Crippen molar-refractivity contribution >= 4 is 11.6 Å². The molecule has 4 heteroatoms. The lowest BCUT2D eigenvalue weighted by Crippen LogP contribution is -2.30. The van der Waals surface area contributed by atoms with Gasteiger partial charge in [0.25, 0.3) is 0 Å². The van der Waals surface area contributed by atoms with Crippen molar-refractivity contribution in [1.29, 1.82) is 0 Å². The standard InChI is InChI=1S/C11H10N2O2/c1-5-3-2-4-6-7(5)11(15)9(13)8(12)10(6)14/h2-4H,12-13H2,1H3. The molecule has 0 saturated carbocycles. The van der Waals surface area contributed by atoms with Gasteiger partial charge in [-0.15, -0.1) is 0 Å². The summed E-state index contributed by atoms with van der Waals surface area (Å²) in [6.07, 6.45) is 0. The van der Waals surface area contributed by atoms with Gasteiger partial charge in [0, 0.05) is 11.1 Å². The van der Waals surface area contributed by atoms with Gasteiger partial charge in [0.15, 0.2) is 0 Å². The summed E-state index contributed by atoms with van der Waals surface area (Å²) in [4.78, 5) is 23.5. The van der Waals surface area contributed by atoms with Gasteiger partial charge in [-0.05, 0) is 12.5 Å². The number of nitrogens with two attached hydrogens (primary N) is 2. The van der Waals surface area contributed by atoms with E-state index in [0.717, 1.165) is 5.56 Å². The zero-order chi connectivity index (χ0) is 11.2. The summed E-state index contributed by atoms with van der Waals surface area (Å²) in [5, 5.41) is 0. The molecule has 1 aromatic rings. The number of carbonyl (C=O) groups is 2. The first kappa shape index (κ1) is 9.45. The number of carbonyl (C=O) groups excluding carboxylic acids is 2. The van der Waals surface area contributed by atoms with Crippen LogP contribution in [0.1, 0.15) is 26.3 Å². The molecular weight excluding hydrogens is 192 g/mol. The van der Waals surface area contributed by atoms with Crippen LogP contribution < -0.4 is 11.5 Å². The second-order valence-electron chi connectivity index (χ2n) is 3.48. The topological polar surface area (TPSA) is 86.2 Å². The van der Waals surface area contributed by atoms with Crippen molar-refractivity contribution < 1.29 is 9.59 Å². The highest BCUT2D eigenvalue weighted by Gasteiger charge is 2.29. The molecule has 0 aromatic heterocycles. The Hall–Kier alpha value is -2.10. The van der Waals surface area contributed by atoms with Crippen LogP contribution in [0.25, 0.3) is 0 Å². The van der Waals surface area contributed by atoms with E-state index < -0.39 is 0 Å². The van der Waals surface area contributed by atoms with Crippen LogP contribution in [0.4, 0.5) is 0 Å². The predicted octanol–water partition coefficient (Wildman–Crippen LogP) is 0.503. The first-order valence-electron chi connectivity index (χ1n) is 4.48. The molecule has 0 aliphatic heterocycles. The normalized spacial score (nSPS) is 15.5. The van der Waals surface area contributed by atoms with Gasteiger partial charge >= 0.3 is 0 Å². The van der Waals surface area contributed by atoms with Crippen LogP contribution in [-0.2, 0) is 0 Å². The molecule has 0 atom stereocenters. The average Bonchev–Trinajstić information content (AvgIpc) is 2.23. The van der Waals surface area contributed by atoms with Gasteiger partial charge in [0.2, 0.25) is 11.6 Å². The largest absolute Gasteiger partial charge is 0.394 e. The summed E-state index contributed by atoms with van der Waals surface area (Å²) in [5.74, 6) is -0.731. The molecule has 15 heavy (non-hydrogen) atoms. The molecular formula is C11H10N2O2. The zero-order valence-corrected chi connectivity index (χ0v) is 8.20. The molecule has 2 rings (SSSR count). The fourth-order valence-corrected chi connectivity index (χ4v) is 1.68. The Bertz CT molecular complexity index is 515. The quantitative estimate of drug-likeness (QED) is 0.641. The third kappa shape index (κ3) is 1.15. The maximum atomic E-state index is 11.8. The Morgan fingerprint density at radius 2 is 1.60 bits per heavy atom. The molecule has 76 valence electrons. The first-order chi connectivity index (χ1) is 7.04. The molecule has 0 bridgehead atoms. The average molecular weight is 202 g/mol. The zero-order valence-electron chi connectivity index (χ0n) is 8.20. The Balaban J connectivity index is 2.79. The van der Waals surface area contributed by atoms with Crippen molar-refractivity contribution in [2.75, 3.05) is 0 Å². The summed E-state index contributed by atoms with van der Waals surface area (Å²) < 4.78 is 0. The third-order valence-electron chi connectivity index (χ3n) is 2.52. The first-order valence-corrected chi connectivity index (χ1v) is 4.48. The van der Waals surface area contributed by atoms with E-state index in [-0.39, 0.29) is 23.0 Å². The molecule has 0 heterocycles. The van der Waals surface area contributed by atoms with Crippen LogP contribution in [0.15, 0.2) is 29.6 Å². The second kappa shape index (κ2) is 2.95. The fourth-order valence-electron chi connectivity index (χ4n) is 1.68. The van der Waals surface area contributed by atoms with Crippen LogP contribution in [-0.4, -0.2) is 11.6 Å². The minimum absolute atomic E-state index is 0.151.